The van der Waals surface area contributed by atoms with Crippen LogP contribution in [0.4, 0.5) is 0 Å². The molecular formula is C57H35N3O. The molecule has 2 aromatic heterocycles. The zero-order valence-corrected chi connectivity index (χ0v) is 33.0. The van der Waals surface area contributed by atoms with Crippen LogP contribution in [0.1, 0.15) is 0 Å². The topological polar surface area (TPSA) is 51.8 Å². The minimum atomic E-state index is 0.589. The van der Waals surface area contributed by atoms with E-state index in [1.807, 2.05) is 78.9 Å². The summed E-state index contributed by atoms with van der Waals surface area (Å²) in [4.78, 5) is 15.3. The summed E-state index contributed by atoms with van der Waals surface area (Å²) in [5.41, 5.74) is 11.0. The highest BCUT2D eigenvalue weighted by molar-refractivity contribution is 6.25. The second-order valence-electron chi connectivity index (χ2n) is 15.5. The first-order valence-electron chi connectivity index (χ1n) is 20.6. The molecule has 0 unspecified atom stereocenters. The van der Waals surface area contributed by atoms with Gasteiger partial charge < -0.3 is 4.42 Å². The predicted molar refractivity (Wildman–Crippen MR) is 252 cm³/mol. The molecule has 284 valence electrons. The molecule has 10 aromatic carbocycles. The Morgan fingerprint density at radius 1 is 0.246 bits per heavy atom. The third-order valence-electron chi connectivity index (χ3n) is 11.9. The molecule has 0 N–H and O–H groups in total. The predicted octanol–water partition coefficient (Wildman–Crippen LogP) is 15.2. The lowest BCUT2D eigenvalue weighted by molar-refractivity contribution is 0.669. The van der Waals surface area contributed by atoms with E-state index in [0.717, 1.165) is 60.9 Å². The Labute approximate surface area is 352 Å². The number of fused-ring (bicyclic) bond motifs is 9. The van der Waals surface area contributed by atoms with Crippen molar-refractivity contribution in [2.24, 2.45) is 0 Å². The van der Waals surface area contributed by atoms with Gasteiger partial charge in [-0.25, -0.2) is 15.0 Å². The molecule has 61 heavy (non-hydrogen) atoms. The van der Waals surface area contributed by atoms with E-state index in [0.29, 0.717) is 17.5 Å². The quantitative estimate of drug-likeness (QED) is 0.158. The lowest BCUT2D eigenvalue weighted by Crippen LogP contribution is -2.00. The van der Waals surface area contributed by atoms with E-state index in [4.69, 9.17) is 19.4 Å². The first-order chi connectivity index (χ1) is 30.2. The number of hydrogen-bond donors (Lipinski definition) is 0. The van der Waals surface area contributed by atoms with E-state index in [2.05, 4.69) is 133 Å². The van der Waals surface area contributed by atoms with Gasteiger partial charge in [-0.3, -0.25) is 0 Å². The third kappa shape index (κ3) is 6.04. The van der Waals surface area contributed by atoms with Crippen LogP contribution in [0.3, 0.4) is 0 Å². The Morgan fingerprint density at radius 3 is 1.25 bits per heavy atom. The molecule has 0 bridgehead atoms. The second-order valence-corrected chi connectivity index (χ2v) is 15.5. The van der Waals surface area contributed by atoms with Crippen molar-refractivity contribution in [1.29, 1.82) is 0 Å². The Kier molecular flexibility index (Phi) is 8.13. The van der Waals surface area contributed by atoms with Gasteiger partial charge in [0, 0.05) is 27.5 Å². The number of furan rings is 1. The number of hydrogen-bond acceptors (Lipinski definition) is 4. The van der Waals surface area contributed by atoms with Gasteiger partial charge >= 0.3 is 0 Å². The van der Waals surface area contributed by atoms with Gasteiger partial charge in [-0.2, -0.15) is 0 Å². The molecule has 12 rings (SSSR count). The fourth-order valence-electron chi connectivity index (χ4n) is 8.97. The average molecular weight is 778 g/mol. The van der Waals surface area contributed by atoms with Crippen molar-refractivity contribution < 1.29 is 4.42 Å². The van der Waals surface area contributed by atoms with Crippen molar-refractivity contribution in [2.75, 3.05) is 0 Å². The molecule has 0 aliphatic rings. The van der Waals surface area contributed by atoms with E-state index in [1.165, 1.54) is 43.4 Å². The van der Waals surface area contributed by atoms with Crippen LogP contribution in [0.15, 0.2) is 217 Å². The molecule has 4 heteroatoms. The average Bonchev–Trinajstić information content (AvgIpc) is 3.73. The molecule has 0 aliphatic heterocycles. The number of benzene rings is 10. The van der Waals surface area contributed by atoms with Crippen LogP contribution < -0.4 is 0 Å². The maximum Gasteiger partial charge on any atom is 0.164 e. The summed E-state index contributed by atoms with van der Waals surface area (Å²) >= 11 is 0. The van der Waals surface area contributed by atoms with Gasteiger partial charge in [-0.05, 0) is 102 Å². The standard InChI is InChI=1S/C57H35N3O/c1-3-15-36(16-4-1)55-58-56(37-17-5-2-6-18-37)60-57(59-55)51-34-43(35-53-54(51)49-27-11-12-28-52(49)61-53)41-22-14-20-39(32-41)38-19-13-21-40(31-38)42-29-30-48-46-25-8-7-23-44(46)45-24-9-10-26-47(45)50(48)33-42/h1-35H. The summed E-state index contributed by atoms with van der Waals surface area (Å²) in [6, 6.07) is 74.8. The van der Waals surface area contributed by atoms with Crippen molar-refractivity contribution in [1.82, 2.24) is 15.0 Å². The molecule has 0 fully saturated rings. The van der Waals surface area contributed by atoms with Crippen LogP contribution in [0.2, 0.25) is 0 Å². The summed E-state index contributed by atoms with van der Waals surface area (Å²) in [5, 5.41) is 9.64. The highest BCUT2D eigenvalue weighted by Crippen LogP contribution is 2.42. The first-order valence-corrected chi connectivity index (χ1v) is 20.6. The Balaban J connectivity index is 0.994. The maximum atomic E-state index is 6.60. The van der Waals surface area contributed by atoms with Crippen LogP contribution >= 0.6 is 0 Å². The third-order valence-corrected chi connectivity index (χ3v) is 11.9. The number of nitrogens with zero attached hydrogens (tertiary/aromatic N) is 3. The van der Waals surface area contributed by atoms with Gasteiger partial charge in [-0.15, -0.1) is 0 Å². The summed E-state index contributed by atoms with van der Waals surface area (Å²) in [6.07, 6.45) is 0. The maximum absolute atomic E-state index is 6.60. The molecule has 0 saturated heterocycles. The molecular weight excluding hydrogens is 743 g/mol. The number of para-hydroxylation sites is 1. The zero-order valence-electron chi connectivity index (χ0n) is 33.0. The number of aromatic nitrogens is 3. The van der Waals surface area contributed by atoms with Gasteiger partial charge in [0.05, 0.1) is 0 Å². The van der Waals surface area contributed by atoms with Gasteiger partial charge in [-0.1, -0.05) is 176 Å². The SMILES string of the molecule is c1ccc(-c2nc(-c3ccccc3)nc(-c3cc(-c4cccc(-c5cccc(-c6ccc7c8ccccc8c8ccccc8c7c6)c5)c4)cc4oc5ccccc5c34)n2)cc1. The highest BCUT2D eigenvalue weighted by atomic mass is 16.3. The molecule has 12 aromatic rings. The Morgan fingerprint density at radius 2 is 0.672 bits per heavy atom. The van der Waals surface area contributed by atoms with Crippen LogP contribution in [0.25, 0.3) is 122 Å². The van der Waals surface area contributed by atoms with Crippen molar-refractivity contribution >= 4 is 54.3 Å². The van der Waals surface area contributed by atoms with Gasteiger partial charge in [0.2, 0.25) is 0 Å². The monoisotopic (exact) mass is 777 g/mol. The van der Waals surface area contributed by atoms with E-state index in [-0.39, 0.29) is 0 Å². The van der Waals surface area contributed by atoms with Gasteiger partial charge in [0.1, 0.15) is 11.2 Å². The Hall–Kier alpha value is -8.21. The smallest absolute Gasteiger partial charge is 0.164 e. The van der Waals surface area contributed by atoms with E-state index < -0.39 is 0 Å². The van der Waals surface area contributed by atoms with E-state index in [9.17, 15) is 0 Å². The normalized spacial score (nSPS) is 11.6. The van der Waals surface area contributed by atoms with Gasteiger partial charge in [0.25, 0.3) is 0 Å². The minimum Gasteiger partial charge on any atom is -0.456 e. The molecule has 0 radical (unpaired) electrons. The van der Waals surface area contributed by atoms with Gasteiger partial charge in [0.15, 0.2) is 17.5 Å². The summed E-state index contributed by atoms with van der Waals surface area (Å²) in [7, 11) is 0. The molecule has 0 aliphatic carbocycles. The largest absolute Gasteiger partial charge is 0.456 e. The van der Waals surface area contributed by atoms with Crippen molar-refractivity contribution in [3.05, 3.63) is 212 Å². The number of rotatable bonds is 6. The fraction of sp³-hybridized carbons (Fsp3) is 0. The Bertz CT molecular complexity index is 3560. The van der Waals surface area contributed by atoms with E-state index in [1.54, 1.807) is 0 Å². The second kappa shape index (κ2) is 14.3. The summed E-state index contributed by atoms with van der Waals surface area (Å²) < 4.78 is 6.60. The van der Waals surface area contributed by atoms with Crippen LogP contribution in [0.5, 0.6) is 0 Å². The first kappa shape index (κ1) is 34.8. The molecule has 0 atom stereocenters. The van der Waals surface area contributed by atoms with Crippen LogP contribution in [-0.4, -0.2) is 15.0 Å². The van der Waals surface area contributed by atoms with E-state index >= 15 is 0 Å². The van der Waals surface area contributed by atoms with Crippen LogP contribution in [-0.2, 0) is 0 Å². The lowest BCUT2D eigenvalue weighted by Gasteiger charge is -2.13. The molecule has 0 spiro atoms. The van der Waals surface area contributed by atoms with Crippen molar-refractivity contribution in [3.63, 3.8) is 0 Å². The zero-order chi connectivity index (χ0) is 40.3. The summed E-state index contributed by atoms with van der Waals surface area (Å²) in [5.74, 6) is 1.82. The minimum absolute atomic E-state index is 0.589. The molecule has 0 amide bonds. The molecule has 2 heterocycles. The van der Waals surface area contributed by atoms with Crippen molar-refractivity contribution in [3.8, 4) is 67.5 Å². The summed E-state index contributed by atoms with van der Waals surface area (Å²) in [6.45, 7) is 0. The molecule has 0 saturated carbocycles. The highest BCUT2D eigenvalue weighted by Gasteiger charge is 2.20. The van der Waals surface area contributed by atoms with Crippen molar-refractivity contribution in [2.45, 2.75) is 0 Å². The fourth-order valence-corrected chi connectivity index (χ4v) is 8.97. The molecule has 4 nitrogen and oxygen atoms in total. The lowest BCUT2D eigenvalue weighted by atomic mass is 9.91. The van der Waals surface area contributed by atoms with Crippen LogP contribution in [0, 0.1) is 0 Å².